The smallest absolute Gasteiger partial charge is 0.251 e. The SMILES string of the molecule is CC[C@@H](NC(=O)c1cccc(S(=O)(=O)N2CCOCC2)c1)c1ccnn1C. The zero-order valence-corrected chi connectivity index (χ0v) is 16.3. The van der Waals surface area contributed by atoms with Crippen LogP contribution in [0.4, 0.5) is 0 Å². The summed E-state index contributed by atoms with van der Waals surface area (Å²) in [5.74, 6) is -0.318. The molecule has 2 aromatic rings. The molecule has 1 saturated heterocycles. The van der Waals surface area contributed by atoms with Gasteiger partial charge in [-0.3, -0.25) is 9.48 Å². The molecule has 1 aromatic heterocycles. The second kappa shape index (κ2) is 8.20. The minimum absolute atomic E-state index is 0.116. The van der Waals surface area contributed by atoms with Crippen molar-refractivity contribution in [1.29, 1.82) is 0 Å². The van der Waals surface area contributed by atoms with Crippen molar-refractivity contribution in [3.8, 4) is 0 Å². The van der Waals surface area contributed by atoms with Crippen LogP contribution in [0.3, 0.4) is 0 Å². The van der Waals surface area contributed by atoms with Crippen LogP contribution in [-0.2, 0) is 21.8 Å². The van der Waals surface area contributed by atoms with Crippen molar-refractivity contribution in [2.75, 3.05) is 26.3 Å². The lowest BCUT2D eigenvalue weighted by Crippen LogP contribution is -2.40. The number of sulfonamides is 1. The number of carbonyl (C=O) groups excluding carboxylic acids is 1. The molecule has 1 aliphatic heterocycles. The first kappa shape index (κ1) is 19.5. The monoisotopic (exact) mass is 392 g/mol. The highest BCUT2D eigenvalue weighted by molar-refractivity contribution is 7.89. The maximum atomic E-state index is 12.8. The molecule has 0 unspecified atom stereocenters. The molecule has 3 rings (SSSR count). The number of nitrogens with one attached hydrogen (secondary N) is 1. The topological polar surface area (TPSA) is 93.5 Å². The molecule has 1 aromatic carbocycles. The summed E-state index contributed by atoms with van der Waals surface area (Å²) in [5.41, 5.74) is 1.20. The van der Waals surface area contributed by atoms with Crippen LogP contribution in [0, 0.1) is 0 Å². The van der Waals surface area contributed by atoms with Crippen LogP contribution in [0.15, 0.2) is 41.4 Å². The normalized spacial score (nSPS) is 16.8. The summed E-state index contributed by atoms with van der Waals surface area (Å²) in [6.07, 6.45) is 2.37. The third-order valence-electron chi connectivity index (χ3n) is 4.63. The fourth-order valence-electron chi connectivity index (χ4n) is 3.09. The summed E-state index contributed by atoms with van der Waals surface area (Å²) in [4.78, 5) is 12.8. The Hall–Kier alpha value is -2.23. The lowest BCUT2D eigenvalue weighted by molar-refractivity contribution is 0.0730. The van der Waals surface area contributed by atoms with Crippen LogP contribution in [0.2, 0.25) is 0 Å². The Bertz CT molecular complexity index is 904. The maximum absolute atomic E-state index is 12.8. The van der Waals surface area contributed by atoms with Crippen molar-refractivity contribution in [2.24, 2.45) is 7.05 Å². The van der Waals surface area contributed by atoms with Crippen LogP contribution >= 0.6 is 0 Å². The minimum atomic E-state index is -3.64. The van der Waals surface area contributed by atoms with Gasteiger partial charge in [-0.15, -0.1) is 0 Å². The third-order valence-corrected chi connectivity index (χ3v) is 6.53. The molecule has 146 valence electrons. The molecule has 0 saturated carbocycles. The first-order chi connectivity index (χ1) is 12.9. The van der Waals surface area contributed by atoms with Crippen molar-refractivity contribution in [3.63, 3.8) is 0 Å². The Labute approximate surface area is 159 Å². The third kappa shape index (κ3) is 4.20. The summed E-state index contributed by atoms with van der Waals surface area (Å²) in [6.45, 7) is 3.36. The molecule has 1 atom stereocenters. The van der Waals surface area contributed by atoms with E-state index in [0.717, 1.165) is 5.69 Å². The number of hydrogen-bond donors (Lipinski definition) is 1. The first-order valence-electron chi connectivity index (χ1n) is 8.90. The molecule has 0 spiro atoms. The second-order valence-electron chi connectivity index (χ2n) is 6.36. The predicted octanol–water partition coefficient (Wildman–Crippen LogP) is 1.32. The number of morpholine rings is 1. The minimum Gasteiger partial charge on any atom is -0.379 e. The number of carbonyl (C=O) groups is 1. The average molecular weight is 392 g/mol. The van der Waals surface area contributed by atoms with Crippen molar-refractivity contribution in [1.82, 2.24) is 19.4 Å². The highest BCUT2D eigenvalue weighted by Crippen LogP contribution is 2.20. The number of aromatic nitrogens is 2. The molecular weight excluding hydrogens is 368 g/mol. The van der Waals surface area contributed by atoms with E-state index in [4.69, 9.17) is 4.74 Å². The van der Waals surface area contributed by atoms with Gasteiger partial charge in [0.05, 0.1) is 29.8 Å². The van der Waals surface area contributed by atoms with E-state index in [-0.39, 0.29) is 16.8 Å². The van der Waals surface area contributed by atoms with Gasteiger partial charge in [0.15, 0.2) is 0 Å². The van der Waals surface area contributed by atoms with Gasteiger partial charge in [-0.25, -0.2) is 8.42 Å². The number of benzene rings is 1. The molecule has 1 fully saturated rings. The summed E-state index contributed by atoms with van der Waals surface area (Å²) in [6, 6.07) is 7.80. The molecule has 1 amide bonds. The molecule has 0 aliphatic carbocycles. The Morgan fingerprint density at radius 2 is 2.04 bits per heavy atom. The Morgan fingerprint density at radius 3 is 2.67 bits per heavy atom. The van der Waals surface area contributed by atoms with E-state index < -0.39 is 10.0 Å². The number of aryl methyl sites for hydroxylation is 1. The number of hydrogen-bond acceptors (Lipinski definition) is 5. The lowest BCUT2D eigenvalue weighted by Gasteiger charge is -2.26. The quantitative estimate of drug-likeness (QED) is 0.800. The fourth-order valence-corrected chi connectivity index (χ4v) is 4.54. The van der Waals surface area contributed by atoms with Gasteiger partial charge in [0.2, 0.25) is 10.0 Å². The zero-order valence-electron chi connectivity index (χ0n) is 15.5. The maximum Gasteiger partial charge on any atom is 0.251 e. The number of amides is 1. The molecular formula is C18H24N4O4S. The number of rotatable bonds is 6. The fraction of sp³-hybridized carbons (Fsp3) is 0.444. The Kier molecular flexibility index (Phi) is 5.93. The highest BCUT2D eigenvalue weighted by Gasteiger charge is 2.27. The molecule has 27 heavy (non-hydrogen) atoms. The number of nitrogens with zero attached hydrogens (tertiary/aromatic N) is 3. The van der Waals surface area contributed by atoms with Crippen LogP contribution < -0.4 is 5.32 Å². The first-order valence-corrected chi connectivity index (χ1v) is 10.3. The van der Waals surface area contributed by atoms with Gasteiger partial charge >= 0.3 is 0 Å². The van der Waals surface area contributed by atoms with Gasteiger partial charge in [-0.2, -0.15) is 9.40 Å². The van der Waals surface area contributed by atoms with E-state index in [1.807, 2.05) is 20.0 Å². The summed E-state index contributed by atoms with van der Waals surface area (Å²) >= 11 is 0. The van der Waals surface area contributed by atoms with Gasteiger partial charge in [0, 0.05) is 31.9 Å². The summed E-state index contributed by atoms with van der Waals surface area (Å²) < 4.78 is 33.9. The summed E-state index contributed by atoms with van der Waals surface area (Å²) in [7, 11) is -1.82. The van der Waals surface area contributed by atoms with Crippen LogP contribution in [0.1, 0.15) is 35.4 Å². The van der Waals surface area contributed by atoms with Crippen LogP contribution in [0.25, 0.3) is 0 Å². The molecule has 1 aliphatic rings. The Balaban J connectivity index is 1.80. The van der Waals surface area contributed by atoms with Gasteiger partial charge in [-0.05, 0) is 30.7 Å². The zero-order chi connectivity index (χ0) is 19.4. The average Bonchev–Trinajstić information content (AvgIpc) is 3.12. The van der Waals surface area contributed by atoms with Gasteiger partial charge in [0.25, 0.3) is 5.91 Å². The molecule has 0 bridgehead atoms. The largest absolute Gasteiger partial charge is 0.379 e. The number of ether oxygens (including phenoxy) is 1. The van der Waals surface area contributed by atoms with E-state index in [1.165, 1.54) is 16.4 Å². The molecule has 0 radical (unpaired) electrons. The van der Waals surface area contributed by atoms with Crippen LogP contribution in [-0.4, -0.2) is 54.7 Å². The van der Waals surface area contributed by atoms with E-state index in [1.54, 1.807) is 23.0 Å². The van der Waals surface area contributed by atoms with Crippen LogP contribution in [0.5, 0.6) is 0 Å². The van der Waals surface area contributed by atoms with Crippen molar-refractivity contribution >= 4 is 15.9 Å². The van der Waals surface area contributed by atoms with Crippen molar-refractivity contribution in [2.45, 2.75) is 24.3 Å². The summed E-state index contributed by atoms with van der Waals surface area (Å²) in [5, 5.41) is 7.09. The lowest BCUT2D eigenvalue weighted by atomic mass is 10.1. The van der Waals surface area contributed by atoms with Gasteiger partial charge in [-0.1, -0.05) is 13.0 Å². The van der Waals surface area contributed by atoms with Gasteiger partial charge < -0.3 is 10.1 Å². The molecule has 2 heterocycles. The molecule has 8 nitrogen and oxygen atoms in total. The Morgan fingerprint density at radius 1 is 1.30 bits per heavy atom. The van der Waals surface area contributed by atoms with Gasteiger partial charge in [0.1, 0.15) is 0 Å². The van der Waals surface area contributed by atoms with Crippen molar-refractivity contribution in [3.05, 3.63) is 47.8 Å². The highest BCUT2D eigenvalue weighted by atomic mass is 32.2. The van der Waals surface area contributed by atoms with E-state index in [9.17, 15) is 13.2 Å². The van der Waals surface area contributed by atoms with E-state index >= 15 is 0 Å². The predicted molar refractivity (Wildman–Crippen MR) is 99.7 cm³/mol. The van der Waals surface area contributed by atoms with E-state index in [0.29, 0.717) is 38.3 Å². The second-order valence-corrected chi connectivity index (χ2v) is 8.30. The molecule has 9 heteroatoms. The standard InChI is InChI=1S/C18H24N4O4S/c1-3-16(17-7-8-19-21(17)2)20-18(23)14-5-4-6-15(13-14)27(24,25)22-9-11-26-12-10-22/h4-8,13,16H,3,9-12H2,1-2H3,(H,20,23)/t16-/m1/s1. The van der Waals surface area contributed by atoms with E-state index in [2.05, 4.69) is 10.4 Å². The molecule has 1 N–H and O–H groups in total. The van der Waals surface area contributed by atoms with Crippen molar-refractivity contribution < 1.29 is 17.9 Å².